The highest BCUT2D eigenvalue weighted by molar-refractivity contribution is 5.78. The Bertz CT molecular complexity index is 129. The molecule has 0 fully saturated rings. The third-order valence-corrected chi connectivity index (χ3v) is 0.916. The summed E-state index contributed by atoms with van der Waals surface area (Å²) in [4.78, 5) is 9.25. The third-order valence-electron chi connectivity index (χ3n) is 0.916. The zero-order valence-corrected chi connectivity index (χ0v) is 8.69. The summed E-state index contributed by atoms with van der Waals surface area (Å²) in [5.74, 6) is -0.981. The molecule has 0 saturated heterocycles. The number of ether oxygens (including phenoxy) is 3. The van der Waals surface area contributed by atoms with E-state index in [1.807, 2.05) is 13.8 Å². The Hall–Kier alpha value is -0.910. The van der Waals surface area contributed by atoms with Crippen LogP contribution in [0.15, 0.2) is 12.7 Å². The first-order valence-corrected chi connectivity index (χ1v) is 4.27. The van der Waals surface area contributed by atoms with Crippen molar-refractivity contribution in [1.82, 2.24) is 0 Å². The molecule has 0 bridgehead atoms. The number of carboxylic acid groups (broad SMARTS) is 1. The summed E-state index contributed by atoms with van der Waals surface area (Å²) in [6.45, 7) is 8.83. The molecule has 0 aliphatic heterocycles. The lowest BCUT2D eigenvalue weighted by molar-refractivity contribution is -0.131. The Morgan fingerprint density at radius 1 is 1.21 bits per heavy atom. The number of carboxylic acids is 1. The van der Waals surface area contributed by atoms with Crippen molar-refractivity contribution < 1.29 is 24.1 Å². The van der Waals surface area contributed by atoms with E-state index in [1.54, 1.807) is 0 Å². The minimum absolute atomic E-state index is 0.330. The molecule has 0 saturated carbocycles. The Kier molecular flexibility index (Phi) is 16.2. The fraction of sp³-hybridized carbons (Fsp3) is 0.667. The SMILES string of the molecule is C=CC(=O)O.CCOCOCOCC. The molecule has 0 aromatic heterocycles. The molecule has 0 unspecified atom stereocenters. The summed E-state index contributed by atoms with van der Waals surface area (Å²) >= 11 is 0. The van der Waals surface area contributed by atoms with Gasteiger partial charge in [0.25, 0.3) is 0 Å². The Balaban J connectivity index is 0. The second kappa shape index (κ2) is 14.6. The normalized spacial score (nSPS) is 8.71. The number of hydrogen-bond donors (Lipinski definition) is 1. The predicted molar refractivity (Wildman–Crippen MR) is 51.9 cm³/mol. The summed E-state index contributed by atoms with van der Waals surface area (Å²) in [5, 5.41) is 7.60. The molecule has 0 aliphatic rings. The van der Waals surface area contributed by atoms with Crippen LogP contribution in [0.25, 0.3) is 0 Å². The highest BCUT2D eigenvalue weighted by atomic mass is 16.7. The van der Waals surface area contributed by atoms with Gasteiger partial charge in [-0.05, 0) is 13.8 Å². The molecule has 1 N–H and O–H groups in total. The summed E-state index contributed by atoms with van der Waals surface area (Å²) < 4.78 is 14.6. The molecule has 5 heteroatoms. The monoisotopic (exact) mass is 206 g/mol. The number of rotatable bonds is 7. The largest absolute Gasteiger partial charge is 0.478 e. The average molecular weight is 206 g/mol. The molecule has 0 rings (SSSR count). The van der Waals surface area contributed by atoms with E-state index in [1.165, 1.54) is 0 Å². The van der Waals surface area contributed by atoms with Crippen LogP contribution in [-0.4, -0.2) is 37.9 Å². The summed E-state index contributed by atoms with van der Waals surface area (Å²) in [6, 6.07) is 0. The summed E-state index contributed by atoms with van der Waals surface area (Å²) in [5.41, 5.74) is 0. The Morgan fingerprint density at radius 3 is 1.79 bits per heavy atom. The van der Waals surface area contributed by atoms with E-state index < -0.39 is 5.97 Å². The summed E-state index contributed by atoms with van der Waals surface area (Å²) in [6.07, 6.45) is 0.833. The van der Waals surface area contributed by atoms with E-state index in [4.69, 9.17) is 19.3 Å². The van der Waals surface area contributed by atoms with Crippen LogP contribution in [0.5, 0.6) is 0 Å². The fourth-order valence-corrected chi connectivity index (χ4v) is 0.319. The van der Waals surface area contributed by atoms with Crippen LogP contribution in [0.2, 0.25) is 0 Å². The van der Waals surface area contributed by atoms with Gasteiger partial charge in [-0.1, -0.05) is 6.58 Å². The van der Waals surface area contributed by atoms with Crippen LogP contribution < -0.4 is 0 Å². The lowest BCUT2D eigenvalue weighted by Gasteiger charge is -2.02. The van der Waals surface area contributed by atoms with Gasteiger partial charge < -0.3 is 19.3 Å². The minimum Gasteiger partial charge on any atom is -0.478 e. The molecule has 84 valence electrons. The lowest BCUT2D eigenvalue weighted by Crippen LogP contribution is -2.03. The van der Waals surface area contributed by atoms with Gasteiger partial charge in [0, 0.05) is 19.3 Å². The van der Waals surface area contributed by atoms with Crippen LogP contribution in [-0.2, 0) is 19.0 Å². The second-order valence-corrected chi connectivity index (χ2v) is 1.97. The maximum absolute atomic E-state index is 9.25. The van der Waals surface area contributed by atoms with Crippen molar-refractivity contribution >= 4 is 5.97 Å². The maximum Gasteiger partial charge on any atom is 0.327 e. The molecule has 0 atom stereocenters. The van der Waals surface area contributed by atoms with Crippen molar-refractivity contribution in [3.8, 4) is 0 Å². The van der Waals surface area contributed by atoms with Crippen molar-refractivity contribution in [3.05, 3.63) is 12.7 Å². The molecule has 0 amide bonds. The van der Waals surface area contributed by atoms with Crippen molar-refractivity contribution in [2.75, 3.05) is 26.8 Å². The molecule has 0 heterocycles. The maximum atomic E-state index is 9.25. The first kappa shape index (κ1) is 15.6. The Morgan fingerprint density at radius 2 is 1.57 bits per heavy atom. The van der Waals surface area contributed by atoms with E-state index in [2.05, 4.69) is 6.58 Å². The van der Waals surface area contributed by atoms with E-state index >= 15 is 0 Å². The third kappa shape index (κ3) is 22.5. The molecule has 0 aliphatic carbocycles. The van der Waals surface area contributed by atoms with Gasteiger partial charge in [0.1, 0.15) is 13.6 Å². The van der Waals surface area contributed by atoms with Crippen LogP contribution in [0, 0.1) is 0 Å². The van der Waals surface area contributed by atoms with Crippen LogP contribution in [0.4, 0.5) is 0 Å². The molecular weight excluding hydrogens is 188 g/mol. The van der Waals surface area contributed by atoms with Gasteiger partial charge in [0.15, 0.2) is 0 Å². The van der Waals surface area contributed by atoms with Crippen LogP contribution in [0.1, 0.15) is 13.8 Å². The predicted octanol–water partition coefficient (Wildman–Crippen LogP) is 1.25. The molecule has 0 aromatic carbocycles. The molecule has 0 aromatic rings. The Labute approximate surface area is 84.3 Å². The van der Waals surface area contributed by atoms with E-state index in [-0.39, 0.29) is 0 Å². The van der Waals surface area contributed by atoms with Gasteiger partial charge >= 0.3 is 5.97 Å². The quantitative estimate of drug-likeness (QED) is 0.386. The highest BCUT2D eigenvalue weighted by Gasteiger charge is 1.82. The average Bonchev–Trinajstić information content (AvgIpc) is 2.19. The van der Waals surface area contributed by atoms with Crippen molar-refractivity contribution in [1.29, 1.82) is 0 Å². The first-order chi connectivity index (χ1) is 6.68. The van der Waals surface area contributed by atoms with Crippen LogP contribution >= 0.6 is 0 Å². The van der Waals surface area contributed by atoms with E-state index in [0.717, 1.165) is 6.08 Å². The van der Waals surface area contributed by atoms with Crippen molar-refractivity contribution in [2.45, 2.75) is 13.8 Å². The fourth-order valence-electron chi connectivity index (χ4n) is 0.319. The van der Waals surface area contributed by atoms with E-state index in [9.17, 15) is 4.79 Å². The van der Waals surface area contributed by atoms with Gasteiger partial charge in [0.05, 0.1) is 0 Å². The molecular formula is C9H18O5. The lowest BCUT2D eigenvalue weighted by atomic mass is 10.7. The molecule has 0 spiro atoms. The van der Waals surface area contributed by atoms with Gasteiger partial charge in [-0.2, -0.15) is 0 Å². The zero-order chi connectivity index (χ0) is 11.2. The first-order valence-electron chi connectivity index (χ1n) is 4.27. The highest BCUT2D eigenvalue weighted by Crippen LogP contribution is 1.78. The van der Waals surface area contributed by atoms with Crippen molar-refractivity contribution in [2.24, 2.45) is 0 Å². The van der Waals surface area contributed by atoms with Gasteiger partial charge in [0.2, 0.25) is 0 Å². The zero-order valence-electron chi connectivity index (χ0n) is 8.69. The van der Waals surface area contributed by atoms with Gasteiger partial charge in [-0.25, -0.2) is 4.79 Å². The standard InChI is InChI=1S/C6H14O3.C3H4O2/c1-3-7-5-9-6-8-4-2;1-2-3(4)5/h3-6H2,1-2H3;2H,1H2,(H,4,5). The molecule has 14 heavy (non-hydrogen) atoms. The molecule has 0 radical (unpaired) electrons. The smallest absolute Gasteiger partial charge is 0.327 e. The minimum atomic E-state index is -0.981. The van der Waals surface area contributed by atoms with Crippen LogP contribution in [0.3, 0.4) is 0 Å². The number of carbonyl (C=O) groups is 1. The van der Waals surface area contributed by atoms with Gasteiger partial charge in [-0.15, -0.1) is 0 Å². The van der Waals surface area contributed by atoms with E-state index in [0.29, 0.717) is 26.8 Å². The molecule has 5 nitrogen and oxygen atoms in total. The summed E-state index contributed by atoms with van der Waals surface area (Å²) in [7, 11) is 0. The topological polar surface area (TPSA) is 65.0 Å². The second-order valence-electron chi connectivity index (χ2n) is 1.97. The van der Waals surface area contributed by atoms with Gasteiger partial charge in [-0.3, -0.25) is 0 Å². The number of aliphatic carboxylic acids is 1. The number of hydrogen-bond acceptors (Lipinski definition) is 4. The van der Waals surface area contributed by atoms with Crippen molar-refractivity contribution in [3.63, 3.8) is 0 Å².